The molecule has 0 aliphatic heterocycles. The Bertz CT molecular complexity index is 209. The Morgan fingerprint density at radius 2 is 1.79 bits per heavy atom. The highest BCUT2D eigenvalue weighted by molar-refractivity contribution is 8.87. The summed E-state index contributed by atoms with van der Waals surface area (Å²) < 4.78 is 11.1. The van der Waals surface area contributed by atoms with Gasteiger partial charge in [-0.05, 0) is 12.2 Å². The quantitative estimate of drug-likeness (QED) is 0.544. The van der Waals surface area contributed by atoms with Crippen LogP contribution in [0.2, 0.25) is 0 Å². The summed E-state index contributed by atoms with van der Waals surface area (Å²) in [6.45, 7) is -0.236. The van der Waals surface area contributed by atoms with Crippen molar-refractivity contribution < 1.29 is 14.4 Å². The van der Waals surface area contributed by atoms with Crippen molar-refractivity contribution in [2.45, 2.75) is 39.5 Å². The van der Waals surface area contributed by atoms with Gasteiger partial charge >= 0.3 is 6.80 Å². The third-order valence-corrected chi connectivity index (χ3v) is 11.4. The van der Waals surface area contributed by atoms with Crippen molar-refractivity contribution >= 4 is 26.3 Å². The van der Waals surface area contributed by atoms with E-state index < -0.39 is 15.7 Å². The predicted octanol–water partition coefficient (Wildman–Crippen LogP) is 3.64. The Morgan fingerprint density at radius 3 is 2.14 bits per heavy atom. The standard InChI is InChI=1S/C8H20ClO3PS/c1-3-5-6-7-8-14(9,4-2)13(10,11)12/h3-8H2,1-2H3,(H2,10,11,12). The van der Waals surface area contributed by atoms with Crippen LogP contribution in [-0.2, 0) is 4.57 Å². The highest BCUT2D eigenvalue weighted by Gasteiger charge is 2.37. The van der Waals surface area contributed by atoms with Gasteiger partial charge in [0, 0.05) is 5.75 Å². The minimum atomic E-state index is -4.09. The topological polar surface area (TPSA) is 57.5 Å². The molecule has 0 amide bonds. The van der Waals surface area contributed by atoms with E-state index in [1.54, 1.807) is 6.92 Å². The van der Waals surface area contributed by atoms with Crippen LogP contribution in [0, 0.1) is 0 Å². The zero-order chi connectivity index (χ0) is 11.2. The van der Waals surface area contributed by atoms with Gasteiger partial charge in [0.1, 0.15) is 0 Å². The van der Waals surface area contributed by atoms with E-state index in [-0.39, 0.29) is 0 Å². The second-order valence-electron chi connectivity index (χ2n) is 3.29. The SMILES string of the molecule is CCCCCCS(Cl)(CC)P(=O)(O)O. The molecular weight excluding hydrogens is 243 g/mol. The summed E-state index contributed by atoms with van der Waals surface area (Å²) in [4.78, 5) is 18.2. The number of rotatable bonds is 7. The van der Waals surface area contributed by atoms with Crippen LogP contribution in [0.1, 0.15) is 39.5 Å². The van der Waals surface area contributed by atoms with Crippen LogP contribution in [0.4, 0.5) is 0 Å². The molecule has 0 aliphatic carbocycles. The first-order valence-corrected chi connectivity index (χ1v) is 9.93. The average Bonchev–Trinajstić information content (AvgIpc) is 2.10. The van der Waals surface area contributed by atoms with E-state index in [4.69, 9.17) is 20.5 Å². The highest BCUT2D eigenvalue weighted by Crippen LogP contribution is 2.80. The summed E-state index contributed by atoms with van der Waals surface area (Å²) >= 11 is 0. The molecule has 6 heteroatoms. The van der Waals surface area contributed by atoms with E-state index in [1.807, 2.05) is 0 Å². The Hall–Kier alpha value is 0.790. The van der Waals surface area contributed by atoms with Gasteiger partial charge in [0.25, 0.3) is 0 Å². The molecule has 0 radical (unpaired) electrons. The van der Waals surface area contributed by atoms with Crippen LogP contribution >= 0.6 is 26.3 Å². The van der Waals surface area contributed by atoms with Gasteiger partial charge in [-0.3, -0.25) is 0 Å². The molecule has 1 unspecified atom stereocenters. The van der Waals surface area contributed by atoms with Gasteiger partial charge < -0.3 is 9.79 Å². The maximum absolute atomic E-state index is 11.1. The van der Waals surface area contributed by atoms with E-state index in [0.29, 0.717) is 11.5 Å². The zero-order valence-electron chi connectivity index (χ0n) is 8.78. The number of hydrogen-bond donors (Lipinski definition) is 2. The van der Waals surface area contributed by atoms with E-state index >= 15 is 0 Å². The molecule has 3 nitrogen and oxygen atoms in total. The van der Waals surface area contributed by atoms with Crippen LogP contribution in [0.3, 0.4) is 0 Å². The molecule has 0 aromatic carbocycles. The van der Waals surface area contributed by atoms with Gasteiger partial charge in [-0.15, -0.1) is 0 Å². The summed E-state index contributed by atoms with van der Waals surface area (Å²) in [5.74, 6) is 0.875. The van der Waals surface area contributed by atoms with Crippen LogP contribution < -0.4 is 0 Å². The molecule has 14 heavy (non-hydrogen) atoms. The molecule has 0 aliphatic rings. The third kappa shape index (κ3) is 4.54. The Morgan fingerprint density at radius 1 is 1.21 bits per heavy atom. The van der Waals surface area contributed by atoms with E-state index in [9.17, 15) is 4.57 Å². The first-order valence-electron chi connectivity index (χ1n) is 4.91. The Labute approximate surface area is 92.0 Å². The Kier molecular flexibility index (Phi) is 6.75. The second kappa shape index (κ2) is 6.39. The highest BCUT2D eigenvalue weighted by atomic mass is 35.7. The predicted molar refractivity (Wildman–Crippen MR) is 65.0 cm³/mol. The normalized spacial score (nSPS) is 18.9. The molecule has 88 valence electrons. The fourth-order valence-electron chi connectivity index (χ4n) is 1.18. The molecule has 0 fully saturated rings. The molecule has 0 aromatic heterocycles. The molecule has 2 N–H and O–H groups in total. The number of halogens is 1. The van der Waals surface area contributed by atoms with E-state index in [2.05, 4.69) is 6.92 Å². The minimum absolute atomic E-state index is 0.394. The zero-order valence-corrected chi connectivity index (χ0v) is 11.2. The molecule has 0 heterocycles. The lowest BCUT2D eigenvalue weighted by atomic mass is 10.2. The van der Waals surface area contributed by atoms with Crippen molar-refractivity contribution in [3.05, 3.63) is 0 Å². The smallest absolute Gasteiger partial charge is 0.317 e. The molecule has 0 saturated heterocycles. The third-order valence-electron chi connectivity index (χ3n) is 2.18. The van der Waals surface area contributed by atoms with Crippen LogP contribution in [0.15, 0.2) is 0 Å². The van der Waals surface area contributed by atoms with Crippen molar-refractivity contribution in [2.24, 2.45) is 0 Å². The summed E-state index contributed by atoms with van der Waals surface area (Å²) in [6, 6.07) is 0. The Balaban J connectivity index is 4.08. The van der Waals surface area contributed by atoms with Crippen LogP contribution in [0.25, 0.3) is 0 Å². The lowest BCUT2D eigenvalue weighted by Crippen LogP contribution is -2.02. The van der Waals surface area contributed by atoms with Gasteiger partial charge in [0.05, 0.1) is 0 Å². The van der Waals surface area contributed by atoms with Gasteiger partial charge in [0.2, 0.25) is 0 Å². The largest absolute Gasteiger partial charge is 0.379 e. The fraction of sp³-hybridized carbons (Fsp3) is 1.00. The summed E-state index contributed by atoms with van der Waals surface area (Å²) in [5.41, 5.74) is 0. The van der Waals surface area contributed by atoms with Gasteiger partial charge in [-0.1, -0.05) is 52.7 Å². The fourth-order valence-corrected chi connectivity index (χ4v) is 5.13. The molecule has 0 aromatic rings. The molecule has 0 rings (SSSR count). The number of hydrogen-bond acceptors (Lipinski definition) is 1. The van der Waals surface area contributed by atoms with Gasteiger partial charge in [0.15, 0.2) is 0 Å². The first-order chi connectivity index (χ1) is 6.37. The van der Waals surface area contributed by atoms with Crippen LogP contribution in [0.5, 0.6) is 0 Å². The summed E-state index contributed by atoms with van der Waals surface area (Å²) in [7, 11) is 3.76. The van der Waals surface area contributed by atoms with E-state index in [0.717, 1.165) is 25.7 Å². The number of unbranched alkanes of at least 4 members (excludes halogenated alkanes) is 3. The molecular formula is C8H20ClO3PS. The average molecular weight is 263 g/mol. The van der Waals surface area contributed by atoms with Crippen molar-refractivity contribution in [3.8, 4) is 0 Å². The van der Waals surface area contributed by atoms with E-state index in [1.165, 1.54) is 0 Å². The van der Waals surface area contributed by atoms with Crippen molar-refractivity contribution in [2.75, 3.05) is 11.5 Å². The molecule has 0 spiro atoms. The monoisotopic (exact) mass is 262 g/mol. The lowest BCUT2D eigenvalue weighted by molar-refractivity contribution is 0.396. The molecule has 0 bridgehead atoms. The first kappa shape index (κ1) is 14.8. The van der Waals surface area contributed by atoms with Gasteiger partial charge in [-0.2, -0.15) is 0 Å². The van der Waals surface area contributed by atoms with Crippen molar-refractivity contribution in [1.82, 2.24) is 0 Å². The van der Waals surface area contributed by atoms with Crippen LogP contribution in [-0.4, -0.2) is 21.3 Å². The van der Waals surface area contributed by atoms with Crippen molar-refractivity contribution in [3.63, 3.8) is 0 Å². The summed E-state index contributed by atoms with van der Waals surface area (Å²) in [5, 5.41) is 0. The summed E-state index contributed by atoms with van der Waals surface area (Å²) in [6.07, 6.45) is 4.06. The lowest BCUT2D eigenvalue weighted by Gasteiger charge is -2.31. The molecule has 0 saturated carbocycles. The maximum Gasteiger partial charge on any atom is 0.379 e. The second-order valence-corrected chi connectivity index (χ2v) is 12.7. The minimum Gasteiger partial charge on any atom is -0.317 e. The maximum atomic E-state index is 11.1. The van der Waals surface area contributed by atoms with Crippen molar-refractivity contribution in [1.29, 1.82) is 0 Å². The molecule has 1 atom stereocenters. The van der Waals surface area contributed by atoms with Gasteiger partial charge in [-0.25, -0.2) is 4.57 Å².